The largest absolute Gasteiger partial charge is 0.374 e. The Hall–Kier alpha value is -0.660. The Kier molecular flexibility index (Phi) is 4.95. The van der Waals surface area contributed by atoms with Crippen molar-refractivity contribution < 1.29 is 13.2 Å². The summed E-state index contributed by atoms with van der Waals surface area (Å²) in [5, 5.41) is 0.366. The summed E-state index contributed by atoms with van der Waals surface area (Å²) in [5.41, 5.74) is 6.56. The Morgan fingerprint density at radius 2 is 2.19 bits per heavy atom. The van der Waals surface area contributed by atoms with Crippen LogP contribution in [-0.4, -0.2) is 27.2 Å². The van der Waals surface area contributed by atoms with E-state index in [0.29, 0.717) is 17.2 Å². The van der Waals surface area contributed by atoms with E-state index in [4.69, 9.17) is 22.1 Å². The van der Waals surface area contributed by atoms with E-state index in [1.807, 2.05) is 6.92 Å². The van der Waals surface area contributed by atoms with Crippen LogP contribution in [0.4, 0.5) is 0 Å². The van der Waals surface area contributed by atoms with Gasteiger partial charge < -0.3 is 10.5 Å². The predicted molar refractivity (Wildman–Crippen MR) is 82.9 cm³/mol. The van der Waals surface area contributed by atoms with E-state index >= 15 is 0 Å². The predicted octanol–water partition coefficient (Wildman–Crippen LogP) is 1.95. The molecule has 21 heavy (non-hydrogen) atoms. The van der Waals surface area contributed by atoms with E-state index in [2.05, 4.69) is 4.72 Å². The standard InChI is InChI=1S/C14H21ClN2O3S/c1-10-11(8-16)6-12(15)7-13(10)21(18,19)17-9-14(2)4-3-5-20-14/h6-7,17H,3-5,8-9,16H2,1-2H3. The topological polar surface area (TPSA) is 81.4 Å². The van der Waals surface area contributed by atoms with Crippen LogP contribution in [0.15, 0.2) is 17.0 Å². The molecule has 1 atom stereocenters. The molecule has 0 radical (unpaired) electrons. The van der Waals surface area contributed by atoms with Crippen molar-refractivity contribution in [1.82, 2.24) is 4.72 Å². The minimum absolute atomic E-state index is 0.178. The van der Waals surface area contributed by atoms with E-state index in [1.54, 1.807) is 13.0 Å². The summed E-state index contributed by atoms with van der Waals surface area (Å²) in [6, 6.07) is 3.15. The quantitative estimate of drug-likeness (QED) is 0.863. The zero-order valence-corrected chi connectivity index (χ0v) is 13.9. The number of benzene rings is 1. The van der Waals surface area contributed by atoms with Gasteiger partial charge in [-0.2, -0.15) is 0 Å². The van der Waals surface area contributed by atoms with Gasteiger partial charge in [-0.1, -0.05) is 11.6 Å². The Bertz CT molecular complexity index is 625. The number of nitrogens with two attached hydrogens (primary N) is 1. The molecule has 1 fully saturated rings. The molecule has 118 valence electrons. The third-order valence-corrected chi connectivity index (χ3v) is 5.62. The molecule has 5 nitrogen and oxygen atoms in total. The van der Waals surface area contributed by atoms with Crippen LogP contribution in [0, 0.1) is 6.92 Å². The highest BCUT2D eigenvalue weighted by atomic mass is 35.5. The van der Waals surface area contributed by atoms with E-state index in [1.165, 1.54) is 6.07 Å². The first-order chi connectivity index (χ1) is 9.77. The first-order valence-electron chi connectivity index (χ1n) is 6.90. The van der Waals surface area contributed by atoms with Gasteiger partial charge in [0.05, 0.1) is 10.5 Å². The first kappa shape index (κ1) is 16.7. The molecule has 1 unspecified atom stereocenters. The molecule has 1 saturated heterocycles. The number of hydrogen-bond acceptors (Lipinski definition) is 4. The molecule has 1 aromatic rings. The summed E-state index contributed by atoms with van der Waals surface area (Å²) in [5.74, 6) is 0. The van der Waals surface area contributed by atoms with Crippen LogP contribution in [0.5, 0.6) is 0 Å². The summed E-state index contributed by atoms with van der Waals surface area (Å²) in [7, 11) is -3.64. The van der Waals surface area contributed by atoms with Crippen LogP contribution >= 0.6 is 11.6 Å². The van der Waals surface area contributed by atoms with Crippen LogP contribution < -0.4 is 10.5 Å². The molecule has 0 amide bonds. The number of halogens is 1. The fraction of sp³-hybridized carbons (Fsp3) is 0.571. The summed E-state index contributed by atoms with van der Waals surface area (Å²) < 4.78 is 33.2. The van der Waals surface area contributed by atoms with Gasteiger partial charge in [-0.15, -0.1) is 0 Å². The van der Waals surface area contributed by atoms with Gasteiger partial charge >= 0.3 is 0 Å². The second-order valence-electron chi connectivity index (χ2n) is 5.62. The number of hydrogen-bond donors (Lipinski definition) is 2. The summed E-state index contributed by atoms with van der Waals surface area (Å²) in [4.78, 5) is 0.178. The molecule has 0 aromatic heterocycles. The average Bonchev–Trinajstić information content (AvgIpc) is 2.86. The van der Waals surface area contributed by atoms with Crippen LogP contribution in [0.2, 0.25) is 5.02 Å². The van der Waals surface area contributed by atoms with E-state index in [-0.39, 0.29) is 18.0 Å². The number of sulfonamides is 1. The maximum Gasteiger partial charge on any atom is 0.240 e. The first-order valence-corrected chi connectivity index (χ1v) is 8.76. The third kappa shape index (κ3) is 3.76. The highest BCUT2D eigenvalue weighted by molar-refractivity contribution is 7.89. The van der Waals surface area contributed by atoms with Gasteiger partial charge in [0.1, 0.15) is 0 Å². The minimum atomic E-state index is -3.64. The van der Waals surface area contributed by atoms with Gasteiger partial charge in [0, 0.05) is 24.7 Å². The molecule has 0 aliphatic carbocycles. The van der Waals surface area contributed by atoms with Crippen molar-refractivity contribution in [1.29, 1.82) is 0 Å². The molecule has 0 saturated carbocycles. The van der Waals surface area contributed by atoms with E-state index in [9.17, 15) is 8.42 Å². The van der Waals surface area contributed by atoms with E-state index < -0.39 is 15.6 Å². The van der Waals surface area contributed by atoms with Crippen molar-refractivity contribution in [3.8, 4) is 0 Å². The van der Waals surface area contributed by atoms with Crippen LogP contribution in [0.3, 0.4) is 0 Å². The van der Waals surface area contributed by atoms with Gasteiger partial charge in [0.25, 0.3) is 0 Å². The molecule has 1 aliphatic rings. The van der Waals surface area contributed by atoms with Gasteiger partial charge in [0.15, 0.2) is 0 Å². The summed E-state index contributed by atoms with van der Waals surface area (Å²) in [6.45, 7) is 4.82. The molecule has 3 N–H and O–H groups in total. The molecule has 1 aromatic carbocycles. The maximum atomic E-state index is 12.5. The van der Waals surface area contributed by atoms with Crippen molar-refractivity contribution in [2.24, 2.45) is 5.73 Å². The van der Waals surface area contributed by atoms with Crippen LogP contribution in [0.25, 0.3) is 0 Å². The van der Waals surface area contributed by atoms with Gasteiger partial charge in [-0.3, -0.25) is 0 Å². The zero-order chi connectivity index (χ0) is 15.7. The molecular formula is C14H21ClN2O3S. The summed E-state index contributed by atoms with van der Waals surface area (Å²) >= 11 is 5.99. The fourth-order valence-electron chi connectivity index (χ4n) is 2.50. The van der Waals surface area contributed by atoms with Crippen molar-refractivity contribution in [2.75, 3.05) is 13.2 Å². The lowest BCUT2D eigenvalue weighted by Gasteiger charge is -2.23. The molecule has 0 bridgehead atoms. The van der Waals surface area contributed by atoms with Crippen molar-refractivity contribution >= 4 is 21.6 Å². The highest BCUT2D eigenvalue weighted by Crippen LogP contribution is 2.27. The van der Waals surface area contributed by atoms with Gasteiger partial charge in [-0.25, -0.2) is 13.1 Å². The molecule has 7 heteroatoms. The van der Waals surface area contributed by atoms with Gasteiger partial charge in [0.2, 0.25) is 10.0 Å². The molecule has 1 heterocycles. The van der Waals surface area contributed by atoms with Crippen molar-refractivity contribution in [3.63, 3.8) is 0 Å². The Morgan fingerprint density at radius 1 is 1.48 bits per heavy atom. The zero-order valence-electron chi connectivity index (χ0n) is 12.3. The maximum absolute atomic E-state index is 12.5. The average molecular weight is 333 g/mol. The summed E-state index contributed by atoms with van der Waals surface area (Å²) in [6.07, 6.45) is 1.80. The van der Waals surface area contributed by atoms with Crippen LogP contribution in [0.1, 0.15) is 30.9 Å². The van der Waals surface area contributed by atoms with E-state index in [0.717, 1.165) is 18.4 Å². The number of nitrogens with one attached hydrogen (secondary N) is 1. The van der Waals surface area contributed by atoms with Gasteiger partial charge in [-0.05, 0) is 49.9 Å². The lowest BCUT2D eigenvalue weighted by Crippen LogP contribution is -2.40. The van der Waals surface area contributed by atoms with Crippen molar-refractivity contribution in [2.45, 2.75) is 43.7 Å². The van der Waals surface area contributed by atoms with Crippen LogP contribution in [-0.2, 0) is 21.3 Å². The Labute approximate surface area is 130 Å². The molecular weight excluding hydrogens is 312 g/mol. The second-order valence-corrected chi connectivity index (χ2v) is 7.79. The normalized spacial score (nSPS) is 22.7. The number of rotatable bonds is 5. The Morgan fingerprint density at radius 3 is 2.76 bits per heavy atom. The monoisotopic (exact) mass is 332 g/mol. The molecule has 0 spiro atoms. The number of ether oxygens (including phenoxy) is 1. The fourth-order valence-corrected chi connectivity index (χ4v) is 4.27. The third-order valence-electron chi connectivity index (χ3n) is 3.88. The smallest absolute Gasteiger partial charge is 0.240 e. The molecule has 2 rings (SSSR count). The lowest BCUT2D eigenvalue weighted by atomic mass is 10.0. The lowest BCUT2D eigenvalue weighted by molar-refractivity contribution is 0.0250. The van der Waals surface area contributed by atoms with Crippen molar-refractivity contribution in [3.05, 3.63) is 28.3 Å². The Balaban J connectivity index is 2.25. The minimum Gasteiger partial charge on any atom is -0.374 e. The second kappa shape index (κ2) is 6.22. The molecule has 1 aliphatic heterocycles. The highest BCUT2D eigenvalue weighted by Gasteiger charge is 2.32. The SMILES string of the molecule is Cc1c(CN)cc(Cl)cc1S(=O)(=O)NCC1(C)CCCO1.